The van der Waals surface area contributed by atoms with E-state index >= 15 is 0 Å². The molecular weight excluding hydrogens is 323 g/mol. The maximum Gasteiger partial charge on any atom is 0.469 e. The third kappa shape index (κ3) is 7.99. The lowest BCUT2D eigenvalue weighted by atomic mass is 9.93. The SMILES string of the molecule is Nc1nc(N)nc(N)n1.O=P(O)(O)OCC(CO)(CO)CO. The molecule has 14 heteroatoms. The number of nitrogens with two attached hydrogens (primary N) is 3. The topological polar surface area (TPSA) is 244 Å². The maximum atomic E-state index is 10.3. The van der Waals surface area contributed by atoms with Gasteiger partial charge < -0.3 is 42.3 Å². The first kappa shape index (κ1) is 20.4. The Morgan fingerprint density at radius 3 is 1.45 bits per heavy atom. The standard InChI is InChI=1S/C5H13O7P.C3H6N6/c6-1-5(2-7,3-8)4-12-13(9,10)11;4-1-7-2(5)9-3(6)8-1/h6-8H,1-4H2,(H2,9,10,11);(H6,4,5,6,7,8,9). The molecule has 13 nitrogen and oxygen atoms in total. The van der Waals surface area contributed by atoms with E-state index < -0.39 is 39.7 Å². The van der Waals surface area contributed by atoms with Gasteiger partial charge in [0.15, 0.2) is 0 Å². The fraction of sp³-hybridized carbons (Fsp3) is 0.625. The molecular formula is C8H19N6O7P. The second kappa shape index (κ2) is 8.75. The minimum atomic E-state index is -4.64. The normalized spacial score (nSPS) is 11.7. The summed E-state index contributed by atoms with van der Waals surface area (Å²) >= 11 is 0. The van der Waals surface area contributed by atoms with Crippen LogP contribution in [0.15, 0.2) is 0 Å². The van der Waals surface area contributed by atoms with Gasteiger partial charge in [0.25, 0.3) is 0 Å². The van der Waals surface area contributed by atoms with Crippen LogP contribution in [0.25, 0.3) is 0 Å². The van der Waals surface area contributed by atoms with Gasteiger partial charge in [-0.2, -0.15) is 15.0 Å². The van der Waals surface area contributed by atoms with Crippen molar-refractivity contribution in [3.8, 4) is 0 Å². The number of hydrogen-bond acceptors (Lipinski definition) is 11. The molecule has 1 rings (SSSR count). The number of phosphoric ester groups is 1. The minimum absolute atomic E-state index is 0.0417. The Balaban J connectivity index is 0.000000425. The number of nitrogens with zero attached hydrogens (tertiary/aromatic N) is 3. The van der Waals surface area contributed by atoms with Crippen LogP contribution in [-0.2, 0) is 9.09 Å². The second-order valence-electron chi connectivity index (χ2n) is 4.15. The highest BCUT2D eigenvalue weighted by atomic mass is 31.2. The van der Waals surface area contributed by atoms with Gasteiger partial charge in [-0.05, 0) is 0 Å². The van der Waals surface area contributed by atoms with E-state index in [1.165, 1.54) is 0 Å². The summed E-state index contributed by atoms with van der Waals surface area (Å²) in [6.45, 7) is -2.49. The molecule has 0 aromatic carbocycles. The molecule has 22 heavy (non-hydrogen) atoms. The zero-order valence-corrected chi connectivity index (χ0v) is 12.3. The Labute approximate surface area is 125 Å². The van der Waals surface area contributed by atoms with Gasteiger partial charge >= 0.3 is 7.82 Å². The molecule has 0 radical (unpaired) electrons. The lowest BCUT2D eigenvalue weighted by Crippen LogP contribution is -2.38. The minimum Gasteiger partial charge on any atom is -0.396 e. The van der Waals surface area contributed by atoms with Crippen LogP contribution in [0.3, 0.4) is 0 Å². The summed E-state index contributed by atoms with van der Waals surface area (Å²) in [5.41, 5.74) is 14.0. The molecule has 0 bridgehead atoms. The van der Waals surface area contributed by atoms with Gasteiger partial charge in [0.1, 0.15) is 0 Å². The van der Waals surface area contributed by atoms with Gasteiger partial charge in [-0.3, -0.25) is 4.52 Å². The van der Waals surface area contributed by atoms with E-state index in [0.29, 0.717) is 0 Å². The third-order valence-corrected chi connectivity index (χ3v) is 2.70. The van der Waals surface area contributed by atoms with E-state index in [1.807, 2.05) is 0 Å². The second-order valence-corrected chi connectivity index (χ2v) is 5.39. The van der Waals surface area contributed by atoms with Crippen LogP contribution in [0.4, 0.5) is 17.8 Å². The first-order valence-electron chi connectivity index (χ1n) is 5.62. The van der Waals surface area contributed by atoms with Crippen LogP contribution in [0.1, 0.15) is 0 Å². The van der Waals surface area contributed by atoms with Crippen molar-refractivity contribution in [3.05, 3.63) is 0 Å². The van der Waals surface area contributed by atoms with Crippen molar-refractivity contribution in [2.45, 2.75) is 0 Å². The number of aromatic nitrogens is 3. The molecule has 0 spiro atoms. The van der Waals surface area contributed by atoms with E-state index in [2.05, 4.69) is 19.5 Å². The average molecular weight is 342 g/mol. The largest absolute Gasteiger partial charge is 0.469 e. The zero-order chi connectivity index (χ0) is 17.4. The highest BCUT2D eigenvalue weighted by Crippen LogP contribution is 2.37. The summed E-state index contributed by atoms with van der Waals surface area (Å²) in [5.74, 6) is 0.125. The van der Waals surface area contributed by atoms with Crippen molar-refractivity contribution in [2.24, 2.45) is 5.41 Å². The summed E-state index contributed by atoms with van der Waals surface area (Å²) in [4.78, 5) is 27.1. The summed E-state index contributed by atoms with van der Waals surface area (Å²) in [6, 6.07) is 0. The summed E-state index contributed by atoms with van der Waals surface area (Å²) in [7, 11) is -4.64. The Bertz CT molecular complexity index is 449. The summed E-state index contributed by atoms with van der Waals surface area (Å²) in [6.07, 6.45) is 0. The van der Waals surface area contributed by atoms with Crippen molar-refractivity contribution in [1.82, 2.24) is 15.0 Å². The lowest BCUT2D eigenvalue weighted by molar-refractivity contribution is -0.0318. The number of rotatable bonds is 6. The number of hydrogen-bond donors (Lipinski definition) is 8. The summed E-state index contributed by atoms with van der Waals surface area (Å²) in [5, 5.41) is 26.2. The zero-order valence-electron chi connectivity index (χ0n) is 11.4. The smallest absolute Gasteiger partial charge is 0.396 e. The lowest BCUT2D eigenvalue weighted by Gasteiger charge is -2.26. The quantitative estimate of drug-likeness (QED) is 0.236. The Morgan fingerprint density at radius 1 is 0.909 bits per heavy atom. The molecule has 11 N–H and O–H groups in total. The van der Waals surface area contributed by atoms with Crippen LogP contribution >= 0.6 is 7.82 Å². The van der Waals surface area contributed by atoms with Crippen molar-refractivity contribution in [1.29, 1.82) is 0 Å². The van der Waals surface area contributed by atoms with E-state index in [4.69, 9.17) is 42.3 Å². The molecule has 0 unspecified atom stereocenters. The van der Waals surface area contributed by atoms with E-state index in [0.717, 1.165) is 0 Å². The molecule has 0 amide bonds. The highest BCUT2D eigenvalue weighted by Gasteiger charge is 2.31. The molecule has 0 saturated carbocycles. The van der Waals surface area contributed by atoms with Gasteiger partial charge in [-0.15, -0.1) is 0 Å². The van der Waals surface area contributed by atoms with Crippen molar-refractivity contribution >= 4 is 25.7 Å². The van der Waals surface area contributed by atoms with Crippen molar-refractivity contribution in [2.75, 3.05) is 43.6 Å². The van der Waals surface area contributed by atoms with Gasteiger partial charge in [0, 0.05) is 0 Å². The van der Waals surface area contributed by atoms with Gasteiger partial charge in [-0.1, -0.05) is 0 Å². The molecule has 0 atom stereocenters. The Morgan fingerprint density at radius 2 is 1.23 bits per heavy atom. The average Bonchev–Trinajstić information content (AvgIpc) is 2.39. The highest BCUT2D eigenvalue weighted by molar-refractivity contribution is 7.46. The first-order chi connectivity index (χ1) is 10.1. The van der Waals surface area contributed by atoms with E-state index in [1.54, 1.807) is 0 Å². The maximum absolute atomic E-state index is 10.3. The first-order valence-corrected chi connectivity index (χ1v) is 7.15. The van der Waals surface area contributed by atoms with Gasteiger partial charge in [-0.25, -0.2) is 4.57 Å². The number of aliphatic hydroxyl groups is 3. The van der Waals surface area contributed by atoms with Crippen LogP contribution in [-0.4, -0.2) is 66.5 Å². The van der Waals surface area contributed by atoms with Crippen molar-refractivity contribution < 1.29 is 34.2 Å². The molecule has 0 aliphatic heterocycles. The monoisotopic (exact) mass is 342 g/mol. The molecule has 0 aliphatic carbocycles. The van der Waals surface area contributed by atoms with Crippen LogP contribution in [0.2, 0.25) is 0 Å². The fourth-order valence-electron chi connectivity index (χ4n) is 0.935. The van der Waals surface area contributed by atoms with E-state index in [-0.39, 0.29) is 17.8 Å². The molecule has 1 aromatic rings. The Kier molecular flexibility index (Phi) is 8.11. The predicted molar refractivity (Wildman–Crippen MR) is 74.8 cm³/mol. The number of aliphatic hydroxyl groups excluding tert-OH is 3. The van der Waals surface area contributed by atoms with Crippen LogP contribution < -0.4 is 17.2 Å². The van der Waals surface area contributed by atoms with E-state index in [9.17, 15) is 4.57 Å². The number of anilines is 3. The van der Waals surface area contributed by atoms with Gasteiger partial charge in [0.05, 0.1) is 31.8 Å². The van der Waals surface area contributed by atoms with Crippen molar-refractivity contribution in [3.63, 3.8) is 0 Å². The fourth-order valence-corrected chi connectivity index (χ4v) is 1.38. The van der Waals surface area contributed by atoms with Gasteiger partial charge in [0.2, 0.25) is 17.8 Å². The molecule has 1 heterocycles. The molecule has 128 valence electrons. The number of nitrogen functional groups attached to an aromatic ring is 3. The molecule has 0 fully saturated rings. The predicted octanol–water partition coefficient (Wildman–Crippen LogP) is -3.32. The summed E-state index contributed by atoms with van der Waals surface area (Å²) < 4.78 is 14.3. The molecule has 1 aromatic heterocycles. The Hall–Kier alpha value is -1.60. The number of phosphoric acid groups is 1. The molecule has 0 aliphatic rings. The van der Waals surface area contributed by atoms with Crippen LogP contribution in [0.5, 0.6) is 0 Å². The molecule has 0 saturated heterocycles. The third-order valence-electron chi connectivity index (χ3n) is 2.23. The van der Waals surface area contributed by atoms with Crippen LogP contribution in [0, 0.1) is 5.41 Å².